The van der Waals surface area contributed by atoms with E-state index in [1.165, 1.54) is 50.2 Å². The maximum atomic E-state index is 13.9. The van der Waals surface area contributed by atoms with Gasteiger partial charge >= 0.3 is 5.97 Å². The van der Waals surface area contributed by atoms with Crippen LogP contribution in [0.4, 0.5) is 8.78 Å². The third-order valence-electron chi connectivity index (χ3n) is 5.55. The van der Waals surface area contributed by atoms with Crippen molar-refractivity contribution in [3.63, 3.8) is 0 Å². The van der Waals surface area contributed by atoms with E-state index < -0.39 is 23.2 Å². The molecule has 0 bridgehead atoms. The second-order valence-corrected chi connectivity index (χ2v) is 7.22. The monoisotopic (exact) mass is 358 g/mol. The summed E-state index contributed by atoms with van der Waals surface area (Å²) in [6, 6.07) is 9.91. The number of carboxylic acid groups (broad SMARTS) is 1. The topological polar surface area (TPSA) is 37.3 Å². The average molecular weight is 358 g/mol. The summed E-state index contributed by atoms with van der Waals surface area (Å²) in [4.78, 5) is 11.4. The molecule has 0 atom stereocenters. The van der Waals surface area contributed by atoms with Gasteiger partial charge in [-0.2, -0.15) is 0 Å². The zero-order chi connectivity index (χ0) is 18.7. The third-order valence-corrected chi connectivity index (χ3v) is 5.55. The lowest BCUT2D eigenvalue weighted by molar-refractivity contribution is 0.0691. The summed E-state index contributed by atoms with van der Waals surface area (Å²) in [5.41, 5.74) is 1.42. The van der Waals surface area contributed by atoms with Gasteiger partial charge in [0.25, 0.3) is 0 Å². The first-order valence-electron chi connectivity index (χ1n) is 9.32. The molecule has 0 saturated heterocycles. The summed E-state index contributed by atoms with van der Waals surface area (Å²) in [5, 5.41) is 9.25. The van der Waals surface area contributed by atoms with E-state index in [-0.39, 0.29) is 5.56 Å². The summed E-state index contributed by atoms with van der Waals surface area (Å²) in [6.07, 6.45) is 7.41. The molecule has 0 unspecified atom stereocenters. The molecule has 138 valence electrons. The molecule has 0 heterocycles. The van der Waals surface area contributed by atoms with Gasteiger partial charge < -0.3 is 5.11 Å². The second kappa shape index (κ2) is 7.98. The van der Waals surface area contributed by atoms with E-state index in [2.05, 4.69) is 6.92 Å². The number of benzene rings is 2. The number of carboxylic acids is 1. The summed E-state index contributed by atoms with van der Waals surface area (Å²) in [5.74, 6) is -2.55. The fourth-order valence-electron chi connectivity index (χ4n) is 4.13. The van der Waals surface area contributed by atoms with Crippen molar-refractivity contribution in [2.75, 3.05) is 0 Å². The van der Waals surface area contributed by atoms with Gasteiger partial charge in [-0.05, 0) is 60.3 Å². The van der Waals surface area contributed by atoms with Crippen molar-refractivity contribution in [2.24, 2.45) is 5.92 Å². The molecule has 2 nitrogen and oxygen atoms in total. The lowest BCUT2D eigenvalue weighted by Crippen LogP contribution is -2.13. The van der Waals surface area contributed by atoms with Crippen LogP contribution in [0, 0.1) is 17.6 Å². The van der Waals surface area contributed by atoms with E-state index in [1.54, 1.807) is 0 Å². The molecule has 26 heavy (non-hydrogen) atoms. The minimum Gasteiger partial charge on any atom is -0.478 e. The van der Waals surface area contributed by atoms with Crippen LogP contribution in [0.5, 0.6) is 0 Å². The Morgan fingerprint density at radius 3 is 2.27 bits per heavy atom. The highest BCUT2D eigenvalue weighted by atomic mass is 19.2. The molecule has 0 spiro atoms. The SMILES string of the molecule is CCC[C@H]1CC[C@H](c2ccc(-c3ccc(F)c(F)c3C(=O)O)cc2)CC1. The summed E-state index contributed by atoms with van der Waals surface area (Å²) in [6.45, 7) is 2.23. The molecule has 1 fully saturated rings. The molecule has 1 aliphatic rings. The Morgan fingerprint density at radius 2 is 1.69 bits per heavy atom. The van der Waals surface area contributed by atoms with Gasteiger partial charge in [0.2, 0.25) is 0 Å². The minimum atomic E-state index is -1.46. The van der Waals surface area contributed by atoms with Crippen LogP contribution in [0.2, 0.25) is 0 Å². The lowest BCUT2D eigenvalue weighted by Gasteiger charge is -2.28. The van der Waals surface area contributed by atoms with E-state index in [4.69, 9.17) is 0 Å². The smallest absolute Gasteiger partial charge is 0.339 e. The predicted octanol–water partition coefficient (Wildman–Crippen LogP) is 6.40. The number of halogens is 2. The highest BCUT2D eigenvalue weighted by molar-refractivity contribution is 5.96. The van der Waals surface area contributed by atoms with E-state index in [1.807, 2.05) is 24.3 Å². The Kier molecular flexibility index (Phi) is 5.70. The molecule has 0 aliphatic heterocycles. The normalized spacial score (nSPS) is 20.1. The maximum absolute atomic E-state index is 13.9. The van der Waals surface area contributed by atoms with Crippen LogP contribution in [0.15, 0.2) is 36.4 Å². The first-order chi connectivity index (χ1) is 12.5. The molecular formula is C22H24F2O2. The van der Waals surface area contributed by atoms with Gasteiger partial charge in [0.05, 0.1) is 0 Å². The highest BCUT2D eigenvalue weighted by Crippen LogP contribution is 2.38. The predicted molar refractivity (Wildman–Crippen MR) is 98.4 cm³/mol. The maximum Gasteiger partial charge on any atom is 0.339 e. The molecule has 3 rings (SSSR count). The van der Waals surface area contributed by atoms with Crippen molar-refractivity contribution in [3.8, 4) is 11.1 Å². The van der Waals surface area contributed by atoms with Gasteiger partial charge in [0.1, 0.15) is 5.56 Å². The number of carbonyl (C=O) groups is 1. The van der Waals surface area contributed by atoms with Gasteiger partial charge in [-0.15, -0.1) is 0 Å². The van der Waals surface area contributed by atoms with Crippen LogP contribution in [0.1, 0.15) is 67.3 Å². The van der Waals surface area contributed by atoms with Crippen LogP contribution in [-0.4, -0.2) is 11.1 Å². The van der Waals surface area contributed by atoms with E-state index in [0.717, 1.165) is 12.0 Å². The number of rotatable bonds is 5. The largest absolute Gasteiger partial charge is 0.478 e. The van der Waals surface area contributed by atoms with Crippen LogP contribution in [-0.2, 0) is 0 Å². The van der Waals surface area contributed by atoms with Crippen LogP contribution >= 0.6 is 0 Å². The Bertz CT molecular complexity index is 775. The number of hydrogen-bond acceptors (Lipinski definition) is 1. The highest BCUT2D eigenvalue weighted by Gasteiger charge is 2.23. The zero-order valence-corrected chi connectivity index (χ0v) is 15.0. The van der Waals surface area contributed by atoms with E-state index in [0.29, 0.717) is 11.5 Å². The molecule has 2 aromatic rings. The van der Waals surface area contributed by atoms with Crippen LogP contribution in [0.3, 0.4) is 0 Å². The summed E-state index contributed by atoms with van der Waals surface area (Å²) in [7, 11) is 0. The van der Waals surface area contributed by atoms with Crippen molar-refractivity contribution in [2.45, 2.75) is 51.4 Å². The Hall–Kier alpha value is -2.23. The molecule has 2 aromatic carbocycles. The zero-order valence-electron chi connectivity index (χ0n) is 15.0. The molecule has 0 radical (unpaired) electrons. The van der Waals surface area contributed by atoms with Crippen molar-refractivity contribution in [3.05, 3.63) is 59.2 Å². The fourth-order valence-corrected chi connectivity index (χ4v) is 4.13. The molecular weight excluding hydrogens is 334 g/mol. The first-order valence-corrected chi connectivity index (χ1v) is 9.32. The Balaban J connectivity index is 1.81. The second-order valence-electron chi connectivity index (χ2n) is 7.22. The standard InChI is InChI=1S/C22H24F2O2/c1-2-3-14-4-6-15(7-5-14)16-8-10-17(11-9-16)18-12-13-19(23)21(24)20(18)22(25)26/h8-15H,2-7H2,1H3,(H,25,26)/t14-,15-. The third kappa shape index (κ3) is 3.79. The number of hydrogen-bond donors (Lipinski definition) is 1. The Labute approximate surface area is 152 Å². The van der Waals surface area contributed by atoms with Crippen molar-refractivity contribution in [1.82, 2.24) is 0 Å². The van der Waals surface area contributed by atoms with E-state index in [9.17, 15) is 18.7 Å². The lowest BCUT2D eigenvalue weighted by atomic mass is 9.77. The van der Waals surface area contributed by atoms with Crippen molar-refractivity contribution >= 4 is 5.97 Å². The summed E-state index contributed by atoms with van der Waals surface area (Å²) >= 11 is 0. The molecule has 0 aromatic heterocycles. The molecule has 1 saturated carbocycles. The van der Waals surface area contributed by atoms with E-state index >= 15 is 0 Å². The minimum absolute atomic E-state index is 0.203. The molecule has 4 heteroatoms. The van der Waals surface area contributed by atoms with Gasteiger partial charge in [0.15, 0.2) is 11.6 Å². The van der Waals surface area contributed by atoms with Gasteiger partial charge in [-0.1, -0.05) is 50.1 Å². The van der Waals surface area contributed by atoms with Crippen molar-refractivity contribution in [1.29, 1.82) is 0 Å². The molecule has 0 amide bonds. The van der Waals surface area contributed by atoms with Crippen LogP contribution in [0.25, 0.3) is 11.1 Å². The average Bonchev–Trinajstić information content (AvgIpc) is 2.64. The quantitative estimate of drug-likeness (QED) is 0.671. The van der Waals surface area contributed by atoms with Crippen molar-refractivity contribution < 1.29 is 18.7 Å². The van der Waals surface area contributed by atoms with Gasteiger partial charge in [-0.3, -0.25) is 0 Å². The number of aromatic carboxylic acids is 1. The van der Waals surface area contributed by atoms with Crippen LogP contribution < -0.4 is 0 Å². The van der Waals surface area contributed by atoms with Gasteiger partial charge in [0, 0.05) is 0 Å². The Morgan fingerprint density at radius 1 is 1.04 bits per heavy atom. The van der Waals surface area contributed by atoms with Gasteiger partial charge in [-0.25, -0.2) is 13.6 Å². The fraction of sp³-hybridized carbons (Fsp3) is 0.409. The first kappa shape index (κ1) is 18.6. The molecule has 1 N–H and O–H groups in total. The summed E-state index contributed by atoms with van der Waals surface area (Å²) < 4.78 is 27.3. The molecule has 1 aliphatic carbocycles.